The zero-order chi connectivity index (χ0) is 17.2. The van der Waals surface area contributed by atoms with Gasteiger partial charge in [-0.25, -0.2) is 0 Å². The SMILES string of the molecule is COc1ccc(CCNC(=O)[C@@H](N)CCSC)c(OC)c1OC. The third-order valence-electron chi connectivity index (χ3n) is 3.45. The molecule has 1 rings (SSSR count). The molecule has 0 spiro atoms. The molecule has 7 heteroatoms. The molecule has 0 fully saturated rings. The predicted molar refractivity (Wildman–Crippen MR) is 93.8 cm³/mol. The summed E-state index contributed by atoms with van der Waals surface area (Å²) >= 11 is 1.68. The lowest BCUT2D eigenvalue weighted by Gasteiger charge is -2.16. The maximum atomic E-state index is 11.9. The van der Waals surface area contributed by atoms with Crippen LogP contribution in [0.15, 0.2) is 12.1 Å². The van der Waals surface area contributed by atoms with Crippen LogP contribution in [0, 0.1) is 0 Å². The van der Waals surface area contributed by atoms with Gasteiger partial charge in [0, 0.05) is 12.1 Å². The van der Waals surface area contributed by atoms with Crippen LogP contribution in [0.2, 0.25) is 0 Å². The number of benzene rings is 1. The van der Waals surface area contributed by atoms with E-state index < -0.39 is 6.04 Å². The van der Waals surface area contributed by atoms with E-state index in [1.54, 1.807) is 33.1 Å². The van der Waals surface area contributed by atoms with Crippen molar-refractivity contribution in [3.05, 3.63) is 17.7 Å². The first kappa shape index (κ1) is 19.4. The van der Waals surface area contributed by atoms with Crippen molar-refractivity contribution in [2.45, 2.75) is 18.9 Å². The van der Waals surface area contributed by atoms with E-state index in [1.807, 2.05) is 18.4 Å². The number of methoxy groups -OCH3 is 3. The molecule has 0 saturated heterocycles. The number of nitrogens with two attached hydrogens (primary N) is 1. The van der Waals surface area contributed by atoms with Gasteiger partial charge in [-0.2, -0.15) is 11.8 Å². The molecular formula is C16H26N2O4S. The van der Waals surface area contributed by atoms with Crippen LogP contribution in [0.1, 0.15) is 12.0 Å². The molecule has 1 atom stereocenters. The fraction of sp³-hybridized carbons (Fsp3) is 0.562. The van der Waals surface area contributed by atoms with Gasteiger partial charge in [0.15, 0.2) is 11.5 Å². The first-order chi connectivity index (χ1) is 11.1. The van der Waals surface area contributed by atoms with Gasteiger partial charge in [-0.3, -0.25) is 4.79 Å². The highest BCUT2D eigenvalue weighted by Gasteiger charge is 2.16. The van der Waals surface area contributed by atoms with Gasteiger partial charge in [0.05, 0.1) is 27.4 Å². The van der Waals surface area contributed by atoms with Gasteiger partial charge in [-0.1, -0.05) is 6.07 Å². The zero-order valence-corrected chi connectivity index (χ0v) is 15.0. The Labute approximate surface area is 142 Å². The predicted octanol–water partition coefficient (Wildman–Crippen LogP) is 1.45. The molecule has 0 aromatic heterocycles. The summed E-state index contributed by atoms with van der Waals surface area (Å²) in [5.74, 6) is 2.52. The molecule has 1 aromatic carbocycles. The van der Waals surface area contributed by atoms with E-state index in [1.165, 1.54) is 0 Å². The van der Waals surface area contributed by atoms with Crippen molar-refractivity contribution in [1.29, 1.82) is 0 Å². The highest BCUT2D eigenvalue weighted by Crippen LogP contribution is 2.39. The minimum atomic E-state index is -0.463. The molecule has 1 aromatic rings. The summed E-state index contributed by atoms with van der Waals surface area (Å²) < 4.78 is 16.0. The van der Waals surface area contributed by atoms with Crippen molar-refractivity contribution in [2.24, 2.45) is 5.73 Å². The minimum Gasteiger partial charge on any atom is -0.493 e. The highest BCUT2D eigenvalue weighted by molar-refractivity contribution is 7.98. The summed E-state index contributed by atoms with van der Waals surface area (Å²) in [5.41, 5.74) is 6.77. The lowest BCUT2D eigenvalue weighted by atomic mass is 10.1. The summed E-state index contributed by atoms with van der Waals surface area (Å²) in [6.07, 6.45) is 3.28. The summed E-state index contributed by atoms with van der Waals surface area (Å²) in [4.78, 5) is 11.9. The lowest BCUT2D eigenvalue weighted by molar-refractivity contribution is -0.122. The fourth-order valence-corrected chi connectivity index (χ4v) is 2.68. The van der Waals surface area contributed by atoms with Crippen molar-refractivity contribution >= 4 is 17.7 Å². The molecule has 0 heterocycles. The topological polar surface area (TPSA) is 82.8 Å². The van der Waals surface area contributed by atoms with Gasteiger partial charge in [-0.15, -0.1) is 0 Å². The number of rotatable bonds is 10. The van der Waals surface area contributed by atoms with E-state index in [-0.39, 0.29) is 5.91 Å². The minimum absolute atomic E-state index is 0.126. The van der Waals surface area contributed by atoms with Crippen LogP contribution >= 0.6 is 11.8 Å². The number of nitrogens with one attached hydrogen (secondary N) is 1. The number of ether oxygens (including phenoxy) is 3. The summed E-state index contributed by atoms with van der Waals surface area (Å²) in [6, 6.07) is 3.26. The number of carbonyl (C=O) groups is 1. The Morgan fingerprint density at radius 3 is 2.48 bits per heavy atom. The van der Waals surface area contributed by atoms with Gasteiger partial charge in [0.2, 0.25) is 11.7 Å². The third-order valence-corrected chi connectivity index (χ3v) is 4.09. The van der Waals surface area contributed by atoms with Crippen LogP contribution in [0.5, 0.6) is 17.2 Å². The number of hydrogen-bond donors (Lipinski definition) is 2. The number of carbonyl (C=O) groups excluding carboxylic acids is 1. The number of hydrogen-bond acceptors (Lipinski definition) is 6. The summed E-state index contributed by atoms with van der Waals surface area (Å²) in [5, 5.41) is 2.86. The van der Waals surface area contributed by atoms with Gasteiger partial charge in [0.1, 0.15) is 0 Å². The standard InChI is InChI=1S/C16H26N2O4S/c1-20-13-6-5-11(14(21-2)15(13)22-3)7-9-18-16(19)12(17)8-10-23-4/h5-6,12H,7-10,17H2,1-4H3,(H,18,19)/t12-/m0/s1. The van der Waals surface area contributed by atoms with Crippen molar-refractivity contribution < 1.29 is 19.0 Å². The Hall–Kier alpha value is -1.60. The molecule has 1 amide bonds. The largest absolute Gasteiger partial charge is 0.493 e. The normalized spacial score (nSPS) is 11.7. The molecule has 0 aliphatic rings. The summed E-state index contributed by atoms with van der Waals surface area (Å²) in [7, 11) is 4.72. The Morgan fingerprint density at radius 2 is 1.91 bits per heavy atom. The van der Waals surface area contributed by atoms with Gasteiger partial charge < -0.3 is 25.3 Å². The van der Waals surface area contributed by atoms with Crippen molar-refractivity contribution in [2.75, 3.05) is 39.9 Å². The molecule has 0 saturated carbocycles. The second-order valence-electron chi connectivity index (χ2n) is 4.92. The zero-order valence-electron chi connectivity index (χ0n) is 14.2. The maximum Gasteiger partial charge on any atom is 0.236 e. The van der Waals surface area contributed by atoms with E-state index in [0.717, 1.165) is 11.3 Å². The van der Waals surface area contributed by atoms with E-state index in [2.05, 4.69) is 5.32 Å². The van der Waals surface area contributed by atoms with Gasteiger partial charge in [-0.05, 0) is 30.9 Å². The molecule has 0 aliphatic carbocycles. The Morgan fingerprint density at radius 1 is 1.22 bits per heavy atom. The first-order valence-electron chi connectivity index (χ1n) is 7.39. The van der Waals surface area contributed by atoms with E-state index >= 15 is 0 Å². The molecule has 0 aliphatic heterocycles. The summed E-state index contributed by atoms with van der Waals surface area (Å²) in [6.45, 7) is 0.484. The maximum absolute atomic E-state index is 11.9. The Balaban J connectivity index is 2.66. The molecule has 3 N–H and O–H groups in total. The Kier molecular flexibility index (Phi) is 8.65. The van der Waals surface area contributed by atoms with E-state index in [0.29, 0.717) is 36.6 Å². The van der Waals surface area contributed by atoms with Gasteiger partial charge in [0.25, 0.3) is 0 Å². The lowest BCUT2D eigenvalue weighted by Crippen LogP contribution is -2.41. The molecule has 0 radical (unpaired) electrons. The van der Waals surface area contributed by atoms with E-state index in [9.17, 15) is 4.79 Å². The van der Waals surface area contributed by atoms with Crippen LogP contribution < -0.4 is 25.3 Å². The van der Waals surface area contributed by atoms with Gasteiger partial charge >= 0.3 is 0 Å². The second kappa shape index (κ2) is 10.2. The van der Waals surface area contributed by atoms with Crippen LogP contribution in [-0.2, 0) is 11.2 Å². The first-order valence-corrected chi connectivity index (χ1v) is 8.78. The molecule has 0 bridgehead atoms. The molecule has 0 unspecified atom stereocenters. The van der Waals surface area contributed by atoms with Crippen LogP contribution in [-0.4, -0.2) is 51.8 Å². The average Bonchev–Trinajstić information content (AvgIpc) is 2.58. The highest BCUT2D eigenvalue weighted by atomic mass is 32.2. The van der Waals surface area contributed by atoms with Crippen LogP contribution in [0.3, 0.4) is 0 Å². The van der Waals surface area contributed by atoms with Crippen molar-refractivity contribution in [1.82, 2.24) is 5.32 Å². The van der Waals surface area contributed by atoms with Crippen molar-refractivity contribution in [3.8, 4) is 17.2 Å². The number of thioether (sulfide) groups is 1. The van der Waals surface area contributed by atoms with Crippen LogP contribution in [0.4, 0.5) is 0 Å². The molecular weight excluding hydrogens is 316 g/mol. The van der Waals surface area contributed by atoms with Crippen molar-refractivity contribution in [3.63, 3.8) is 0 Å². The third kappa shape index (κ3) is 5.51. The smallest absolute Gasteiger partial charge is 0.236 e. The second-order valence-corrected chi connectivity index (χ2v) is 5.91. The fourth-order valence-electron chi connectivity index (χ4n) is 2.19. The Bertz CT molecular complexity index is 511. The molecule has 23 heavy (non-hydrogen) atoms. The van der Waals surface area contributed by atoms with Crippen LogP contribution in [0.25, 0.3) is 0 Å². The monoisotopic (exact) mass is 342 g/mol. The average molecular weight is 342 g/mol. The molecule has 6 nitrogen and oxygen atoms in total. The van der Waals surface area contributed by atoms with E-state index in [4.69, 9.17) is 19.9 Å². The number of amides is 1. The quantitative estimate of drug-likeness (QED) is 0.670. The molecule has 130 valence electrons.